The number of ketones is 1. The number of nitrogens with one attached hydrogen (secondary N) is 1. The molecule has 23 heavy (non-hydrogen) atoms. The van der Waals surface area contributed by atoms with Crippen LogP contribution in [0.1, 0.15) is 17.3 Å². The van der Waals surface area contributed by atoms with Crippen LogP contribution in [0.5, 0.6) is 0 Å². The SMILES string of the molecule is CC(=O)c1cccc(Nc2nncc(N3CCN(C)CC3)n2)c1. The third-order valence-corrected chi connectivity index (χ3v) is 3.90. The molecule has 0 radical (unpaired) electrons. The van der Waals surface area contributed by atoms with Gasteiger partial charge in [-0.3, -0.25) is 4.79 Å². The molecule has 0 aliphatic carbocycles. The Balaban J connectivity index is 1.75. The third-order valence-electron chi connectivity index (χ3n) is 3.90. The first-order chi connectivity index (χ1) is 11.1. The minimum atomic E-state index is 0.0267. The average molecular weight is 312 g/mol. The zero-order chi connectivity index (χ0) is 16.2. The van der Waals surface area contributed by atoms with Crippen LogP contribution in [-0.2, 0) is 0 Å². The summed E-state index contributed by atoms with van der Waals surface area (Å²) in [7, 11) is 2.12. The molecule has 0 bridgehead atoms. The molecule has 1 saturated heterocycles. The maximum absolute atomic E-state index is 11.5. The normalized spacial score (nSPS) is 15.5. The lowest BCUT2D eigenvalue weighted by atomic mass is 10.1. The van der Waals surface area contributed by atoms with Gasteiger partial charge in [-0.05, 0) is 26.1 Å². The lowest BCUT2D eigenvalue weighted by molar-refractivity contribution is 0.101. The van der Waals surface area contributed by atoms with Gasteiger partial charge in [0.15, 0.2) is 11.6 Å². The van der Waals surface area contributed by atoms with Crippen molar-refractivity contribution in [1.82, 2.24) is 20.1 Å². The molecule has 0 saturated carbocycles. The van der Waals surface area contributed by atoms with Crippen molar-refractivity contribution in [2.24, 2.45) is 0 Å². The number of benzene rings is 1. The third kappa shape index (κ3) is 3.81. The highest BCUT2D eigenvalue weighted by molar-refractivity contribution is 5.95. The highest BCUT2D eigenvalue weighted by atomic mass is 16.1. The van der Waals surface area contributed by atoms with Crippen molar-refractivity contribution in [2.45, 2.75) is 6.92 Å². The molecular formula is C16H20N6O. The number of carbonyl (C=O) groups excluding carboxylic acids is 1. The van der Waals surface area contributed by atoms with Crippen LogP contribution >= 0.6 is 0 Å². The molecule has 1 fully saturated rings. The monoisotopic (exact) mass is 312 g/mol. The zero-order valence-electron chi connectivity index (χ0n) is 13.4. The van der Waals surface area contributed by atoms with Gasteiger partial charge in [-0.15, -0.1) is 5.10 Å². The molecule has 1 aliphatic heterocycles. The number of likely N-dealkylation sites (N-methyl/N-ethyl adjacent to an activating group) is 1. The molecule has 1 N–H and O–H groups in total. The predicted molar refractivity (Wildman–Crippen MR) is 89.3 cm³/mol. The summed E-state index contributed by atoms with van der Waals surface area (Å²) in [6.45, 7) is 5.41. The summed E-state index contributed by atoms with van der Waals surface area (Å²) in [4.78, 5) is 20.5. The Morgan fingerprint density at radius 1 is 1.22 bits per heavy atom. The molecule has 0 amide bonds. The average Bonchev–Trinajstić information content (AvgIpc) is 2.56. The van der Waals surface area contributed by atoms with Crippen molar-refractivity contribution < 1.29 is 4.79 Å². The number of piperazine rings is 1. The summed E-state index contributed by atoms with van der Waals surface area (Å²) >= 11 is 0. The quantitative estimate of drug-likeness (QED) is 0.859. The number of nitrogens with zero attached hydrogens (tertiary/aromatic N) is 5. The highest BCUT2D eigenvalue weighted by Crippen LogP contribution is 2.17. The van der Waals surface area contributed by atoms with E-state index >= 15 is 0 Å². The minimum absolute atomic E-state index is 0.0267. The van der Waals surface area contributed by atoms with Crippen molar-refractivity contribution in [3.05, 3.63) is 36.0 Å². The molecule has 120 valence electrons. The predicted octanol–water partition coefficient (Wildman–Crippen LogP) is 1.57. The first kappa shape index (κ1) is 15.4. The van der Waals surface area contributed by atoms with Gasteiger partial charge in [-0.2, -0.15) is 10.1 Å². The zero-order valence-corrected chi connectivity index (χ0v) is 13.4. The van der Waals surface area contributed by atoms with Crippen LogP contribution in [-0.4, -0.2) is 59.1 Å². The van der Waals surface area contributed by atoms with Gasteiger partial charge in [-0.1, -0.05) is 12.1 Å². The smallest absolute Gasteiger partial charge is 0.249 e. The number of hydrogen-bond acceptors (Lipinski definition) is 7. The van der Waals surface area contributed by atoms with Crippen molar-refractivity contribution in [1.29, 1.82) is 0 Å². The molecule has 0 unspecified atom stereocenters. The van der Waals surface area contributed by atoms with Crippen molar-refractivity contribution in [2.75, 3.05) is 43.4 Å². The van der Waals surface area contributed by atoms with Gasteiger partial charge in [0.1, 0.15) is 0 Å². The fraction of sp³-hybridized carbons (Fsp3) is 0.375. The van der Waals surface area contributed by atoms with E-state index in [0.717, 1.165) is 37.7 Å². The van der Waals surface area contributed by atoms with Gasteiger partial charge in [-0.25, -0.2) is 0 Å². The molecule has 0 atom stereocenters. The number of Topliss-reactive ketones (excluding diaryl/α,β-unsaturated/α-hetero) is 1. The lowest BCUT2D eigenvalue weighted by Crippen LogP contribution is -2.44. The van der Waals surface area contributed by atoms with Gasteiger partial charge >= 0.3 is 0 Å². The van der Waals surface area contributed by atoms with Crippen LogP contribution in [0, 0.1) is 0 Å². The van der Waals surface area contributed by atoms with E-state index in [1.54, 1.807) is 25.3 Å². The first-order valence-electron chi connectivity index (χ1n) is 7.63. The number of rotatable bonds is 4. The van der Waals surface area contributed by atoms with E-state index in [1.807, 2.05) is 12.1 Å². The van der Waals surface area contributed by atoms with E-state index in [1.165, 1.54) is 0 Å². The Morgan fingerprint density at radius 3 is 2.74 bits per heavy atom. The maximum Gasteiger partial charge on any atom is 0.249 e. The highest BCUT2D eigenvalue weighted by Gasteiger charge is 2.16. The fourth-order valence-electron chi connectivity index (χ4n) is 2.48. The molecule has 2 heterocycles. The van der Waals surface area contributed by atoms with Crippen LogP contribution in [0.2, 0.25) is 0 Å². The summed E-state index contributed by atoms with van der Waals surface area (Å²) in [5, 5.41) is 11.2. The summed E-state index contributed by atoms with van der Waals surface area (Å²) in [5.74, 6) is 1.28. The lowest BCUT2D eigenvalue weighted by Gasteiger charge is -2.32. The number of carbonyl (C=O) groups is 1. The van der Waals surface area contributed by atoms with E-state index in [4.69, 9.17) is 0 Å². The Bertz CT molecular complexity index is 696. The van der Waals surface area contributed by atoms with E-state index in [0.29, 0.717) is 11.5 Å². The van der Waals surface area contributed by atoms with Crippen LogP contribution in [0.3, 0.4) is 0 Å². The van der Waals surface area contributed by atoms with Crippen molar-refractivity contribution in [3.63, 3.8) is 0 Å². The Hall–Kier alpha value is -2.54. The van der Waals surface area contributed by atoms with Gasteiger partial charge in [0, 0.05) is 37.4 Å². The minimum Gasteiger partial charge on any atom is -0.353 e. The molecule has 3 rings (SSSR count). The summed E-state index contributed by atoms with van der Waals surface area (Å²) in [6.07, 6.45) is 1.68. The Labute approximate surface area is 135 Å². The summed E-state index contributed by atoms with van der Waals surface area (Å²) < 4.78 is 0. The number of aromatic nitrogens is 3. The van der Waals surface area contributed by atoms with Gasteiger partial charge in [0.05, 0.1) is 6.20 Å². The molecular weight excluding hydrogens is 292 g/mol. The Kier molecular flexibility index (Phi) is 4.47. The van der Waals surface area contributed by atoms with E-state index in [2.05, 4.69) is 37.3 Å². The van der Waals surface area contributed by atoms with Crippen LogP contribution in [0.4, 0.5) is 17.5 Å². The molecule has 7 heteroatoms. The van der Waals surface area contributed by atoms with Crippen molar-refractivity contribution in [3.8, 4) is 0 Å². The van der Waals surface area contributed by atoms with E-state index < -0.39 is 0 Å². The van der Waals surface area contributed by atoms with Gasteiger partial charge in [0.2, 0.25) is 5.95 Å². The Morgan fingerprint density at radius 2 is 2.00 bits per heavy atom. The molecule has 1 aromatic heterocycles. The van der Waals surface area contributed by atoms with Gasteiger partial charge < -0.3 is 15.1 Å². The second-order valence-electron chi connectivity index (χ2n) is 5.69. The van der Waals surface area contributed by atoms with Crippen LogP contribution in [0.25, 0.3) is 0 Å². The second kappa shape index (κ2) is 6.70. The number of hydrogen-bond donors (Lipinski definition) is 1. The summed E-state index contributed by atoms with van der Waals surface area (Å²) in [6, 6.07) is 7.27. The van der Waals surface area contributed by atoms with E-state index in [-0.39, 0.29) is 5.78 Å². The van der Waals surface area contributed by atoms with Crippen LogP contribution < -0.4 is 10.2 Å². The standard InChI is InChI=1S/C16H20N6O/c1-12(23)13-4-3-5-14(10-13)18-16-19-15(11-17-20-16)22-8-6-21(2)7-9-22/h3-5,10-11H,6-9H2,1-2H3,(H,18,19,20). The maximum atomic E-state index is 11.5. The molecule has 7 nitrogen and oxygen atoms in total. The molecule has 0 spiro atoms. The molecule has 1 aliphatic rings. The summed E-state index contributed by atoms with van der Waals surface area (Å²) in [5.41, 5.74) is 1.42. The second-order valence-corrected chi connectivity index (χ2v) is 5.69. The van der Waals surface area contributed by atoms with Crippen molar-refractivity contribution >= 4 is 23.2 Å². The largest absolute Gasteiger partial charge is 0.353 e. The van der Waals surface area contributed by atoms with Gasteiger partial charge in [0.25, 0.3) is 0 Å². The fourth-order valence-corrected chi connectivity index (χ4v) is 2.48. The van der Waals surface area contributed by atoms with Crippen LogP contribution in [0.15, 0.2) is 30.5 Å². The topological polar surface area (TPSA) is 74.2 Å². The van der Waals surface area contributed by atoms with E-state index in [9.17, 15) is 4.79 Å². The first-order valence-corrected chi connectivity index (χ1v) is 7.63. The molecule has 1 aromatic carbocycles. The number of anilines is 3. The molecule has 2 aromatic rings.